The summed E-state index contributed by atoms with van der Waals surface area (Å²) in [5, 5.41) is 1.97. The largest absolute Gasteiger partial charge is 0.464 e. The summed E-state index contributed by atoms with van der Waals surface area (Å²) in [5.41, 5.74) is 2.06. The molecule has 0 spiro atoms. The molecular weight excluding hydrogens is 394 g/mol. The Morgan fingerprint density at radius 1 is 1.25 bits per heavy atom. The number of aryl methyl sites for hydroxylation is 1. The molecule has 3 aromatic rings. The van der Waals surface area contributed by atoms with E-state index < -0.39 is 11.4 Å². The third-order valence-electron chi connectivity index (χ3n) is 3.98. The van der Waals surface area contributed by atoms with Crippen molar-refractivity contribution >= 4 is 29.1 Å². The van der Waals surface area contributed by atoms with Crippen LogP contribution in [0, 0.1) is 6.92 Å². The van der Waals surface area contributed by atoms with E-state index in [2.05, 4.69) is 25.8 Å². The molecule has 0 amide bonds. The zero-order valence-electron chi connectivity index (χ0n) is 16.1. The lowest BCUT2D eigenvalue weighted by atomic mass is 9.87. The van der Waals surface area contributed by atoms with Gasteiger partial charge in [-0.2, -0.15) is 0 Å². The first-order chi connectivity index (χ1) is 13.2. The van der Waals surface area contributed by atoms with Crippen LogP contribution >= 0.6 is 23.1 Å². The number of ether oxygens (including phenoxy) is 1. The monoisotopic (exact) mass is 415 g/mol. The zero-order valence-corrected chi connectivity index (χ0v) is 17.8. The summed E-state index contributed by atoms with van der Waals surface area (Å²) in [6.07, 6.45) is 1.19. The number of hydrogen-bond acceptors (Lipinski definition) is 7. The van der Waals surface area contributed by atoms with Crippen LogP contribution in [0.5, 0.6) is 5.75 Å². The lowest BCUT2D eigenvalue weighted by Crippen LogP contribution is -2.16. The van der Waals surface area contributed by atoms with E-state index in [1.165, 1.54) is 24.1 Å². The number of aromatic nitrogens is 1. The number of benzene rings is 1. The van der Waals surface area contributed by atoms with Gasteiger partial charge in [-0.25, -0.2) is 9.78 Å². The van der Waals surface area contributed by atoms with Gasteiger partial charge in [-0.15, -0.1) is 11.3 Å². The number of hydrogen-bond donors (Lipinski definition) is 0. The third-order valence-corrected chi connectivity index (χ3v) is 6.14. The van der Waals surface area contributed by atoms with Crippen LogP contribution < -0.4 is 10.2 Å². The van der Waals surface area contributed by atoms with E-state index in [4.69, 9.17) is 9.15 Å². The molecule has 3 rings (SSSR count). The zero-order chi connectivity index (χ0) is 20.3. The lowest BCUT2D eigenvalue weighted by Gasteiger charge is -2.18. The molecule has 0 aliphatic carbocycles. The fourth-order valence-corrected chi connectivity index (χ4v) is 4.13. The molecule has 0 saturated carbocycles. The van der Waals surface area contributed by atoms with Crippen LogP contribution in [-0.2, 0) is 11.2 Å². The van der Waals surface area contributed by atoms with Crippen LogP contribution in [0.25, 0.3) is 0 Å². The SMILES string of the molecule is Cc1csc(SCc2cc(=O)c(OC(=O)c3ccc(C(C)(C)C)cc3)co2)n1. The van der Waals surface area contributed by atoms with Gasteiger partial charge in [0.2, 0.25) is 11.2 Å². The summed E-state index contributed by atoms with van der Waals surface area (Å²) in [7, 11) is 0. The van der Waals surface area contributed by atoms with Gasteiger partial charge < -0.3 is 9.15 Å². The number of rotatable bonds is 5. The van der Waals surface area contributed by atoms with Crippen LogP contribution in [0.4, 0.5) is 0 Å². The minimum atomic E-state index is -0.590. The topological polar surface area (TPSA) is 69.4 Å². The average Bonchev–Trinajstić information content (AvgIpc) is 3.06. The molecule has 0 atom stereocenters. The van der Waals surface area contributed by atoms with E-state index in [0.717, 1.165) is 15.6 Å². The van der Waals surface area contributed by atoms with Crippen molar-refractivity contribution in [3.05, 3.63) is 74.8 Å². The van der Waals surface area contributed by atoms with Gasteiger partial charge in [-0.1, -0.05) is 44.7 Å². The Labute approximate surface area is 171 Å². The second-order valence-corrected chi connectivity index (χ2v) is 9.42. The summed E-state index contributed by atoms with van der Waals surface area (Å²) in [6, 6.07) is 8.52. The van der Waals surface area contributed by atoms with Crippen molar-refractivity contribution in [1.29, 1.82) is 0 Å². The van der Waals surface area contributed by atoms with E-state index in [0.29, 0.717) is 17.1 Å². The summed E-state index contributed by atoms with van der Waals surface area (Å²) in [6.45, 7) is 8.23. The molecule has 146 valence electrons. The quantitative estimate of drug-likeness (QED) is 0.421. The summed E-state index contributed by atoms with van der Waals surface area (Å²) >= 11 is 3.04. The maximum Gasteiger partial charge on any atom is 0.343 e. The van der Waals surface area contributed by atoms with E-state index in [-0.39, 0.29) is 11.2 Å². The Morgan fingerprint density at radius 3 is 2.54 bits per heavy atom. The van der Waals surface area contributed by atoms with E-state index in [1.54, 1.807) is 23.5 Å². The predicted octanol–water partition coefficient (Wildman–Crippen LogP) is 5.21. The molecule has 7 heteroatoms. The predicted molar refractivity (Wildman–Crippen MR) is 111 cm³/mol. The molecule has 0 bridgehead atoms. The highest BCUT2D eigenvalue weighted by molar-refractivity contribution is 8.00. The second-order valence-electron chi connectivity index (χ2n) is 7.34. The van der Waals surface area contributed by atoms with Crippen molar-refractivity contribution in [3.63, 3.8) is 0 Å². The van der Waals surface area contributed by atoms with Crippen LogP contribution in [0.1, 0.15) is 48.1 Å². The fourth-order valence-electron chi connectivity index (χ4n) is 2.39. The Hall–Kier alpha value is -2.38. The molecular formula is C21H21NO4S2. The normalized spacial score (nSPS) is 11.4. The molecule has 0 fully saturated rings. The Balaban J connectivity index is 1.65. The maximum absolute atomic E-state index is 12.3. The van der Waals surface area contributed by atoms with Crippen molar-refractivity contribution in [2.24, 2.45) is 0 Å². The Morgan fingerprint density at radius 2 is 1.96 bits per heavy atom. The number of thiazole rings is 1. The van der Waals surface area contributed by atoms with Crippen LogP contribution in [-0.4, -0.2) is 11.0 Å². The standard InChI is InChI=1S/C21H21NO4S2/c1-13-11-27-20(22-13)28-12-16-9-17(23)18(10-25-16)26-19(24)14-5-7-15(8-6-14)21(2,3)4/h5-11H,12H2,1-4H3. The average molecular weight is 416 g/mol. The fraction of sp³-hybridized carbons (Fsp3) is 0.286. The number of thioether (sulfide) groups is 1. The van der Waals surface area contributed by atoms with Crippen molar-refractivity contribution in [3.8, 4) is 5.75 Å². The summed E-state index contributed by atoms with van der Waals surface area (Å²) in [5.74, 6) is 0.263. The summed E-state index contributed by atoms with van der Waals surface area (Å²) in [4.78, 5) is 28.9. The molecule has 5 nitrogen and oxygen atoms in total. The number of nitrogens with zero attached hydrogens (tertiary/aromatic N) is 1. The smallest absolute Gasteiger partial charge is 0.343 e. The van der Waals surface area contributed by atoms with Crippen molar-refractivity contribution in [1.82, 2.24) is 4.98 Å². The van der Waals surface area contributed by atoms with Gasteiger partial charge in [0.25, 0.3) is 0 Å². The molecule has 1 aromatic carbocycles. The van der Waals surface area contributed by atoms with Gasteiger partial charge in [-0.05, 0) is 30.0 Å². The molecule has 2 heterocycles. The molecule has 2 aromatic heterocycles. The molecule has 0 unspecified atom stereocenters. The minimum absolute atomic E-state index is 0.00528. The molecule has 28 heavy (non-hydrogen) atoms. The molecule has 0 aliphatic heterocycles. The Bertz CT molecular complexity index is 1030. The first kappa shape index (κ1) is 20.4. The van der Waals surface area contributed by atoms with Gasteiger partial charge in [0.1, 0.15) is 12.0 Å². The first-order valence-electron chi connectivity index (χ1n) is 8.72. The molecule has 0 N–H and O–H groups in total. The number of esters is 1. The first-order valence-corrected chi connectivity index (χ1v) is 10.6. The van der Waals surface area contributed by atoms with E-state index in [9.17, 15) is 9.59 Å². The lowest BCUT2D eigenvalue weighted by molar-refractivity contribution is 0.0728. The van der Waals surface area contributed by atoms with Gasteiger partial charge in [0.05, 0.1) is 11.3 Å². The van der Waals surface area contributed by atoms with Crippen molar-refractivity contribution in [2.45, 2.75) is 43.2 Å². The highest BCUT2D eigenvalue weighted by Gasteiger charge is 2.16. The molecule has 0 radical (unpaired) electrons. The molecule has 0 aliphatic rings. The van der Waals surface area contributed by atoms with Gasteiger partial charge in [-0.3, -0.25) is 4.79 Å². The molecule has 0 saturated heterocycles. The van der Waals surface area contributed by atoms with Crippen molar-refractivity contribution < 1.29 is 13.9 Å². The maximum atomic E-state index is 12.3. The summed E-state index contributed by atoms with van der Waals surface area (Å²) < 4.78 is 11.6. The highest BCUT2D eigenvalue weighted by Crippen LogP contribution is 2.26. The number of carbonyl (C=O) groups is 1. The van der Waals surface area contributed by atoms with Crippen LogP contribution in [0.3, 0.4) is 0 Å². The van der Waals surface area contributed by atoms with Crippen molar-refractivity contribution in [2.75, 3.05) is 0 Å². The van der Waals surface area contributed by atoms with Gasteiger partial charge in [0.15, 0.2) is 4.34 Å². The van der Waals surface area contributed by atoms with E-state index in [1.807, 2.05) is 24.4 Å². The Kier molecular flexibility index (Phi) is 6.05. The number of carbonyl (C=O) groups excluding carboxylic acids is 1. The van der Waals surface area contributed by atoms with Gasteiger partial charge in [0, 0.05) is 17.1 Å². The van der Waals surface area contributed by atoms with Crippen LogP contribution in [0.15, 0.2) is 55.5 Å². The van der Waals surface area contributed by atoms with Gasteiger partial charge >= 0.3 is 5.97 Å². The third kappa shape index (κ3) is 5.11. The van der Waals surface area contributed by atoms with E-state index >= 15 is 0 Å². The minimum Gasteiger partial charge on any atom is -0.464 e. The van der Waals surface area contributed by atoms with Crippen LogP contribution in [0.2, 0.25) is 0 Å². The highest BCUT2D eigenvalue weighted by atomic mass is 32.2. The second kappa shape index (κ2) is 8.32.